The Morgan fingerprint density at radius 1 is 1.06 bits per heavy atom. The smallest absolute Gasteiger partial charge is 0.416 e. The van der Waals surface area contributed by atoms with E-state index in [0.717, 1.165) is 40.3 Å². The van der Waals surface area contributed by atoms with Crippen LogP contribution in [0.25, 0.3) is 27.5 Å². The predicted molar refractivity (Wildman–Crippen MR) is 128 cm³/mol. The van der Waals surface area contributed by atoms with Crippen LogP contribution in [0.4, 0.5) is 22.0 Å². The zero-order valence-corrected chi connectivity index (χ0v) is 20.7. The standard InChI is InChI=1S/C24H18F5N3O2S2/c1-11(2)35-22-19(13-4-7-15(8-5-13)24(27,28)29)30-23(36-22)32-20(21(33)34)18(12(3)31-32)14-6-9-16(25)17(26)10-14/h4-11H,1-3H3,(H,33,34). The molecule has 36 heavy (non-hydrogen) atoms. The number of nitrogens with zero attached hydrogens (tertiary/aromatic N) is 3. The molecule has 0 atom stereocenters. The number of hydrogen-bond acceptors (Lipinski definition) is 5. The molecule has 4 rings (SSSR count). The third-order valence-corrected chi connectivity index (χ3v) is 7.31. The van der Waals surface area contributed by atoms with Crippen molar-refractivity contribution < 1.29 is 31.9 Å². The lowest BCUT2D eigenvalue weighted by atomic mass is 10.0. The van der Waals surface area contributed by atoms with Gasteiger partial charge >= 0.3 is 12.1 Å². The van der Waals surface area contributed by atoms with Crippen molar-refractivity contribution in [3.05, 3.63) is 71.1 Å². The summed E-state index contributed by atoms with van der Waals surface area (Å²) in [6.45, 7) is 5.40. The first-order valence-electron chi connectivity index (χ1n) is 10.5. The molecule has 188 valence electrons. The molecule has 4 aromatic rings. The number of alkyl halides is 3. The highest BCUT2D eigenvalue weighted by molar-refractivity contribution is 8.01. The Morgan fingerprint density at radius 3 is 2.25 bits per heavy atom. The fraction of sp³-hybridized carbons (Fsp3) is 0.208. The molecule has 2 aromatic carbocycles. The van der Waals surface area contributed by atoms with Crippen LogP contribution >= 0.6 is 23.1 Å². The predicted octanol–water partition coefficient (Wildman–Crippen LogP) is 7.47. The van der Waals surface area contributed by atoms with Crippen LogP contribution in [-0.4, -0.2) is 31.1 Å². The van der Waals surface area contributed by atoms with Gasteiger partial charge < -0.3 is 5.11 Å². The number of aromatic nitrogens is 3. The molecule has 0 saturated heterocycles. The number of aromatic carboxylic acids is 1. The van der Waals surface area contributed by atoms with Crippen LogP contribution in [0.5, 0.6) is 0 Å². The number of rotatable bonds is 6. The largest absolute Gasteiger partial charge is 0.476 e. The zero-order valence-electron chi connectivity index (χ0n) is 19.0. The highest BCUT2D eigenvalue weighted by Gasteiger charge is 2.31. The Kier molecular flexibility index (Phi) is 6.93. The Bertz CT molecular complexity index is 1440. The summed E-state index contributed by atoms with van der Waals surface area (Å²) >= 11 is 2.56. The van der Waals surface area contributed by atoms with Gasteiger partial charge in [0.25, 0.3) is 0 Å². The Morgan fingerprint density at radius 2 is 1.69 bits per heavy atom. The van der Waals surface area contributed by atoms with Crippen molar-refractivity contribution >= 4 is 29.1 Å². The van der Waals surface area contributed by atoms with Crippen LogP contribution in [0.2, 0.25) is 0 Å². The van der Waals surface area contributed by atoms with Gasteiger partial charge in [-0.2, -0.15) is 23.0 Å². The topological polar surface area (TPSA) is 68.0 Å². The molecule has 0 fully saturated rings. The Balaban J connectivity index is 1.88. The summed E-state index contributed by atoms with van der Waals surface area (Å²) in [6.07, 6.45) is -4.49. The van der Waals surface area contributed by atoms with Crippen molar-refractivity contribution in [1.29, 1.82) is 0 Å². The van der Waals surface area contributed by atoms with Crippen molar-refractivity contribution in [1.82, 2.24) is 14.8 Å². The second-order valence-electron chi connectivity index (χ2n) is 8.03. The van der Waals surface area contributed by atoms with E-state index in [9.17, 15) is 31.9 Å². The van der Waals surface area contributed by atoms with Crippen LogP contribution in [0.1, 0.15) is 35.6 Å². The molecule has 12 heteroatoms. The number of halogens is 5. The summed E-state index contributed by atoms with van der Waals surface area (Å²) < 4.78 is 68.2. The normalized spacial score (nSPS) is 11.9. The van der Waals surface area contributed by atoms with Gasteiger partial charge in [-0.25, -0.2) is 18.6 Å². The van der Waals surface area contributed by atoms with Gasteiger partial charge in [-0.3, -0.25) is 0 Å². The van der Waals surface area contributed by atoms with E-state index >= 15 is 0 Å². The SMILES string of the molecule is Cc1nn(-c2nc(-c3ccc(C(F)(F)F)cc3)c(SC(C)C)s2)c(C(=O)O)c1-c1ccc(F)c(F)c1. The van der Waals surface area contributed by atoms with Gasteiger partial charge in [-0.05, 0) is 36.8 Å². The average Bonchev–Trinajstić information content (AvgIpc) is 3.35. The van der Waals surface area contributed by atoms with Crippen LogP contribution in [0.3, 0.4) is 0 Å². The maximum atomic E-state index is 13.9. The molecule has 2 heterocycles. The van der Waals surface area contributed by atoms with Gasteiger partial charge in [-0.1, -0.05) is 43.4 Å². The molecule has 0 bridgehead atoms. The third-order valence-electron chi connectivity index (χ3n) is 5.07. The van der Waals surface area contributed by atoms with E-state index in [4.69, 9.17) is 0 Å². The molecule has 1 N–H and O–H groups in total. The molecule has 5 nitrogen and oxygen atoms in total. The summed E-state index contributed by atoms with van der Waals surface area (Å²) in [4.78, 5) is 16.8. The number of thioether (sulfide) groups is 1. The van der Waals surface area contributed by atoms with Gasteiger partial charge in [0.2, 0.25) is 5.13 Å². The highest BCUT2D eigenvalue weighted by Crippen LogP contribution is 2.41. The van der Waals surface area contributed by atoms with Crippen molar-refractivity contribution in [3.63, 3.8) is 0 Å². The molecule has 0 amide bonds. The van der Waals surface area contributed by atoms with Gasteiger partial charge in [0.15, 0.2) is 17.3 Å². The molecule has 0 aliphatic rings. The number of thiazole rings is 1. The van der Waals surface area contributed by atoms with E-state index in [0.29, 0.717) is 15.5 Å². The highest BCUT2D eigenvalue weighted by atomic mass is 32.2. The first-order valence-corrected chi connectivity index (χ1v) is 12.2. The summed E-state index contributed by atoms with van der Waals surface area (Å²) in [5.41, 5.74) is 0.204. The van der Waals surface area contributed by atoms with Crippen LogP contribution in [0.15, 0.2) is 46.7 Å². The van der Waals surface area contributed by atoms with Crippen LogP contribution in [-0.2, 0) is 6.18 Å². The number of carbonyl (C=O) groups is 1. The van der Waals surface area contributed by atoms with Gasteiger partial charge in [0.05, 0.1) is 21.2 Å². The molecular weight excluding hydrogens is 521 g/mol. The van der Waals surface area contributed by atoms with Crippen LogP contribution < -0.4 is 0 Å². The molecule has 0 unspecified atom stereocenters. The summed E-state index contributed by atoms with van der Waals surface area (Å²) in [7, 11) is 0. The maximum Gasteiger partial charge on any atom is 0.416 e. The Labute approximate surface area is 210 Å². The first kappa shape index (κ1) is 25.8. The van der Waals surface area contributed by atoms with Crippen molar-refractivity contribution in [3.8, 4) is 27.5 Å². The lowest BCUT2D eigenvalue weighted by Crippen LogP contribution is -2.09. The van der Waals surface area contributed by atoms with E-state index in [2.05, 4.69) is 10.1 Å². The van der Waals surface area contributed by atoms with Crippen molar-refractivity contribution in [2.75, 3.05) is 0 Å². The lowest BCUT2D eigenvalue weighted by molar-refractivity contribution is -0.137. The molecule has 2 aromatic heterocycles. The number of carboxylic acids is 1. The second-order valence-corrected chi connectivity index (χ2v) is 10.9. The van der Waals surface area contributed by atoms with Gasteiger partial charge in [0.1, 0.15) is 0 Å². The van der Waals surface area contributed by atoms with Crippen LogP contribution in [0, 0.1) is 18.6 Å². The van der Waals surface area contributed by atoms with E-state index in [1.807, 2.05) is 13.8 Å². The molecule has 0 aliphatic heterocycles. The monoisotopic (exact) mass is 539 g/mol. The van der Waals surface area contributed by atoms with E-state index in [1.165, 1.54) is 36.9 Å². The van der Waals surface area contributed by atoms with Crippen molar-refractivity contribution in [2.45, 2.75) is 36.4 Å². The molecular formula is C24H18F5N3O2S2. The molecule has 0 radical (unpaired) electrons. The number of carboxylic acid groups (broad SMARTS) is 1. The summed E-state index contributed by atoms with van der Waals surface area (Å²) in [5, 5.41) is 14.6. The van der Waals surface area contributed by atoms with Gasteiger partial charge in [0, 0.05) is 16.4 Å². The first-order chi connectivity index (χ1) is 16.9. The summed E-state index contributed by atoms with van der Waals surface area (Å²) in [5.74, 6) is -3.57. The minimum atomic E-state index is -4.49. The number of hydrogen-bond donors (Lipinski definition) is 1. The molecule has 0 saturated carbocycles. The average molecular weight is 540 g/mol. The number of benzene rings is 2. The maximum absolute atomic E-state index is 13.9. The van der Waals surface area contributed by atoms with Gasteiger partial charge in [-0.15, -0.1) is 11.8 Å². The minimum Gasteiger partial charge on any atom is -0.476 e. The molecule has 0 aliphatic carbocycles. The van der Waals surface area contributed by atoms with E-state index < -0.39 is 29.3 Å². The molecule has 0 spiro atoms. The quantitative estimate of drug-likeness (QED) is 0.203. The number of aryl methyl sites for hydroxylation is 1. The zero-order chi connectivity index (χ0) is 26.4. The fourth-order valence-corrected chi connectivity index (χ4v) is 6.02. The van der Waals surface area contributed by atoms with Crippen molar-refractivity contribution in [2.24, 2.45) is 0 Å². The third kappa shape index (κ3) is 5.00. The fourth-order valence-electron chi connectivity index (χ4n) is 3.54. The second kappa shape index (κ2) is 9.66. The summed E-state index contributed by atoms with van der Waals surface area (Å²) in [6, 6.07) is 7.59. The lowest BCUT2D eigenvalue weighted by Gasteiger charge is -2.08. The van der Waals surface area contributed by atoms with E-state index in [1.54, 1.807) is 0 Å². The Hall–Kier alpha value is -3.25. The minimum absolute atomic E-state index is 0.0996. The van der Waals surface area contributed by atoms with E-state index in [-0.39, 0.29) is 32.9 Å².